The van der Waals surface area contributed by atoms with Gasteiger partial charge in [0.05, 0.1) is 16.3 Å². The molecule has 3 rings (SSSR count). The lowest BCUT2D eigenvalue weighted by atomic mass is 10.1. The molecule has 1 saturated heterocycles. The Labute approximate surface area is 131 Å². The first-order chi connectivity index (χ1) is 10.1. The van der Waals surface area contributed by atoms with Crippen LogP contribution in [0, 0.1) is 6.92 Å². The number of nitrogens with one attached hydrogen (secondary N) is 1. The Morgan fingerprint density at radius 1 is 1.33 bits per heavy atom. The van der Waals surface area contributed by atoms with Gasteiger partial charge in [-0.3, -0.25) is 5.32 Å². The third kappa shape index (κ3) is 3.16. The van der Waals surface area contributed by atoms with Crippen LogP contribution in [0.5, 0.6) is 0 Å². The van der Waals surface area contributed by atoms with Crippen LogP contribution < -0.4 is 16.0 Å². The van der Waals surface area contributed by atoms with Crippen molar-refractivity contribution >= 4 is 39.0 Å². The number of nitrogens with zero attached hydrogens (tertiary/aromatic N) is 3. The molecular weight excluding hydrogens is 306 g/mol. The van der Waals surface area contributed by atoms with Crippen LogP contribution in [0.15, 0.2) is 5.38 Å². The molecule has 0 aromatic carbocycles. The fraction of sp³-hybridized carbons (Fsp3) is 0.462. The molecule has 0 aliphatic carbocycles. The molecule has 0 spiro atoms. The number of hydrogen-bond donors (Lipinski definition) is 2. The summed E-state index contributed by atoms with van der Waals surface area (Å²) in [5, 5.41) is 6.16. The van der Waals surface area contributed by atoms with Crippen molar-refractivity contribution in [3.05, 3.63) is 11.1 Å². The molecule has 0 bridgehead atoms. The normalized spacial score (nSPS) is 15.2. The lowest BCUT2D eigenvalue weighted by Crippen LogP contribution is -2.29. The van der Waals surface area contributed by atoms with E-state index >= 15 is 0 Å². The number of primary amides is 1. The molecule has 0 unspecified atom stereocenters. The SMILES string of the molecule is Cc1nc(NC(N)=O)sc1-c1csc(N2CCCCC2)n1. The number of piperidine rings is 1. The number of amides is 2. The van der Waals surface area contributed by atoms with Gasteiger partial charge in [0.15, 0.2) is 10.3 Å². The van der Waals surface area contributed by atoms with Crippen LogP contribution in [0.4, 0.5) is 15.1 Å². The topological polar surface area (TPSA) is 84.1 Å². The van der Waals surface area contributed by atoms with Gasteiger partial charge >= 0.3 is 6.03 Å². The van der Waals surface area contributed by atoms with Gasteiger partial charge in [-0.2, -0.15) is 0 Å². The highest BCUT2D eigenvalue weighted by Gasteiger charge is 2.17. The number of aryl methyl sites for hydroxylation is 1. The summed E-state index contributed by atoms with van der Waals surface area (Å²) in [4.78, 5) is 23.3. The van der Waals surface area contributed by atoms with Crippen molar-refractivity contribution in [1.82, 2.24) is 9.97 Å². The molecule has 8 heteroatoms. The summed E-state index contributed by atoms with van der Waals surface area (Å²) in [5.41, 5.74) is 6.91. The number of thiazole rings is 2. The van der Waals surface area contributed by atoms with Crippen molar-refractivity contribution in [3.8, 4) is 10.6 Å². The minimum Gasteiger partial charge on any atom is -0.351 e. The summed E-state index contributed by atoms with van der Waals surface area (Å²) in [5.74, 6) is 0. The van der Waals surface area contributed by atoms with Gasteiger partial charge in [0.25, 0.3) is 0 Å². The van der Waals surface area contributed by atoms with E-state index in [0.29, 0.717) is 5.13 Å². The van der Waals surface area contributed by atoms with Crippen molar-refractivity contribution in [2.45, 2.75) is 26.2 Å². The van der Waals surface area contributed by atoms with Crippen LogP contribution in [0.1, 0.15) is 25.0 Å². The van der Waals surface area contributed by atoms with Gasteiger partial charge in [0.1, 0.15) is 0 Å². The van der Waals surface area contributed by atoms with E-state index < -0.39 is 6.03 Å². The Balaban J connectivity index is 1.82. The van der Waals surface area contributed by atoms with E-state index in [2.05, 4.69) is 20.6 Å². The molecule has 2 amide bonds. The molecule has 3 heterocycles. The standard InChI is InChI=1S/C13H17N5OS2/c1-8-10(21-12(15-8)17-11(14)19)9-7-20-13(16-9)18-5-3-2-4-6-18/h7H,2-6H2,1H3,(H3,14,15,17,19). The van der Waals surface area contributed by atoms with Crippen molar-refractivity contribution in [2.75, 3.05) is 23.3 Å². The van der Waals surface area contributed by atoms with E-state index in [4.69, 9.17) is 10.7 Å². The summed E-state index contributed by atoms with van der Waals surface area (Å²) in [7, 11) is 0. The van der Waals surface area contributed by atoms with E-state index in [1.807, 2.05) is 6.92 Å². The predicted molar refractivity (Wildman–Crippen MR) is 87.2 cm³/mol. The first-order valence-corrected chi connectivity index (χ1v) is 8.58. The average molecular weight is 323 g/mol. The second kappa shape index (κ2) is 5.98. The lowest BCUT2D eigenvalue weighted by molar-refractivity contribution is 0.259. The van der Waals surface area contributed by atoms with Crippen LogP contribution in [0.25, 0.3) is 10.6 Å². The van der Waals surface area contributed by atoms with Crippen molar-refractivity contribution in [3.63, 3.8) is 0 Å². The van der Waals surface area contributed by atoms with Gasteiger partial charge in [0, 0.05) is 18.5 Å². The Morgan fingerprint density at radius 2 is 2.10 bits per heavy atom. The summed E-state index contributed by atoms with van der Waals surface area (Å²) < 4.78 is 0. The van der Waals surface area contributed by atoms with Gasteiger partial charge in [-0.05, 0) is 26.2 Å². The van der Waals surface area contributed by atoms with Gasteiger partial charge < -0.3 is 10.6 Å². The molecule has 3 N–H and O–H groups in total. The number of nitrogens with two attached hydrogens (primary N) is 1. The fourth-order valence-electron chi connectivity index (χ4n) is 2.39. The summed E-state index contributed by atoms with van der Waals surface area (Å²) in [6, 6.07) is -0.595. The highest BCUT2D eigenvalue weighted by atomic mass is 32.1. The Morgan fingerprint density at radius 3 is 2.81 bits per heavy atom. The first kappa shape index (κ1) is 14.3. The van der Waals surface area contributed by atoms with E-state index in [0.717, 1.165) is 34.5 Å². The van der Waals surface area contributed by atoms with E-state index in [1.54, 1.807) is 11.3 Å². The second-order valence-electron chi connectivity index (χ2n) is 4.99. The fourth-order valence-corrected chi connectivity index (χ4v) is 4.27. The van der Waals surface area contributed by atoms with Crippen LogP contribution in [-0.2, 0) is 0 Å². The van der Waals surface area contributed by atoms with Crippen LogP contribution >= 0.6 is 22.7 Å². The molecule has 0 saturated carbocycles. The molecule has 1 fully saturated rings. The maximum absolute atomic E-state index is 10.9. The van der Waals surface area contributed by atoms with Crippen molar-refractivity contribution in [1.29, 1.82) is 0 Å². The second-order valence-corrected chi connectivity index (χ2v) is 6.82. The summed E-state index contributed by atoms with van der Waals surface area (Å²) in [6.45, 7) is 4.09. The predicted octanol–water partition coefficient (Wildman–Crippen LogP) is 3.06. The third-order valence-corrected chi connectivity index (χ3v) is 5.37. The minimum absolute atomic E-state index is 0.516. The van der Waals surface area contributed by atoms with Gasteiger partial charge in [-0.25, -0.2) is 14.8 Å². The van der Waals surface area contributed by atoms with E-state index in [-0.39, 0.29) is 0 Å². The number of anilines is 2. The number of hydrogen-bond acceptors (Lipinski definition) is 6. The van der Waals surface area contributed by atoms with Crippen LogP contribution in [-0.4, -0.2) is 29.1 Å². The lowest BCUT2D eigenvalue weighted by Gasteiger charge is -2.25. The molecule has 21 heavy (non-hydrogen) atoms. The zero-order valence-electron chi connectivity index (χ0n) is 11.8. The monoisotopic (exact) mass is 323 g/mol. The molecule has 6 nitrogen and oxygen atoms in total. The maximum atomic E-state index is 10.9. The van der Waals surface area contributed by atoms with Crippen LogP contribution in [0.3, 0.4) is 0 Å². The zero-order chi connectivity index (χ0) is 14.8. The number of aromatic nitrogens is 2. The molecule has 1 aliphatic heterocycles. The molecule has 112 valence electrons. The molecular formula is C13H17N5OS2. The van der Waals surface area contributed by atoms with Crippen LogP contribution in [0.2, 0.25) is 0 Å². The number of carbonyl (C=O) groups is 1. The molecule has 2 aromatic heterocycles. The Bertz CT molecular complexity index is 645. The largest absolute Gasteiger partial charge is 0.351 e. The number of rotatable bonds is 3. The summed E-state index contributed by atoms with van der Waals surface area (Å²) >= 11 is 3.07. The molecule has 0 atom stereocenters. The van der Waals surface area contributed by atoms with E-state index in [9.17, 15) is 4.79 Å². The first-order valence-electron chi connectivity index (χ1n) is 6.88. The smallest absolute Gasteiger partial charge is 0.318 e. The Kier molecular flexibility index (Phi) is 4.07. The van der Waals surface area contributed by atoms with Crippen molar-refractivity contribution in [2.24, 2.45) is 5.73 Å². The van der Waals surface area contributed by atoms with E-state index in [1.165, 1.54) is 30.6 Å². The molecule has 0 radical (unpaired) electrons. The Hall–Kier alpha value is -1.67. The third-order valence-electron chi connectivity index (χ3n) is 3.38. The van der Waals surface area contributed by atoms with Gasteiger partial charge in [0.2, 0.25) is 0 Å². The minimum atomic E-state index is -0.595. The highest BCUT2D eigenvalue weighted by molar-refractivity contribution is 7.19. The molecule has 1 aliphatic rings. The average Bonchev–Trinajstić information content (AvgIpc) is 3.06. The highest BCUT2D eigenvalue weighted by Crippen LogP contribution is 2.35. The van der Waals surface area contributed by atoms with Crippen molar-refractivity contribution < 1.29 is 4.79 Å². The number of carbonyl (C=O) groups excluding carboxylic acids is 1. The molecule has 2 aromatic rings. The zero-order valence-corrected chi connectivity index (χ0v) is 13.4. The van der Waals surface area contributed by atoms with Gasteiger partial charge in [-0.15, -0.1) is 11.3 Å². The maximum Gasteiger partial charge on any atom is 0.318 e. The number of urea groups is 1. The quantitative estimate of drug-likeness (QED) is 0.909. The van der Waals surface area contributed by atoms with Gasteiger partial charge in [-0.1, -0.05) is 11.3 Å². The summed E-state index contributed by atoms with van der Waals surface area (Å²) in [6.07, 6.45) is 3.78.